The topological polar surface area (TPSA) is 72.5 Å². The van der Waals surface area contributed by atoms with Gasteiger partial charge in [-0.1, -0.05) is 0 Å². The van der Waals surface area contributed by atoms with Crippen LogP contribution in [-0.2, 0) is 9.53 Å². The highest BCUT2D eigenvalue weighted by Crippen LogP contribution is 2.26. The number of carbonyl (C=O) groups is 1. The summed E-state index contributed by atoms with van der Waals surface area (Å²) in [4.78, 5) is 11.3. The fraction of sp³-hybridized carbons (Fsp3) is 0.900. The molecule has 0 radical (unpaired) electrons. The summed E-state index contributed by atoms with van der Waals surface area (Å²) in [7, 11) is 0. The third-order valence-corrected chi connectivity index (χ3v) is 2.81. The lowest BCUT2D eigenvalue weighted by atomic mass is 9.83. The van der Waals surface area contributed by atoms with E-state index in [-0.39, 0.29) is 30.4 Å². The average molecular weight is 238 g/mol. The Labute approximate surface area is 96.6 Å². The minimum absolute atomic E-state index is 0. The van der Waals surface area contributed by atoms with Crippen LogP contribution in [0.4, 0.5) is 0 Å². The Morgan fingerprint density at radius 2 is 2.00 bits per heavy atom. The van der Waals surface area contributed by atoms with E-state index in [1.807, 2.05) is 0 Å². The van der Waals surface area contributed by atoms with Crippen molar-refractivity contribution >= 4 is 18.4 Å². The first-order valence-electron chi connectivity index (χ1n) is 5.25. The Morgan fingerprint density at radius 3 is 2.47 bits per heavy atom. The molecular formula is C10H20ClNO3. The van der Waals surface area contributed by atoms with Gasteiger partial charge in [0.25, 0.3) is 0 Å². The maximum absolute atomic E-state index is 11.3. The Bertz CT molecular complexity index is 193. The van der Waals surface area contributed by atoms with Gasteiger partial charge in [-0.3, -0.25) is 4.79 Å². The van der Waals surface area contributed by atoms with Crippen molar-refractivity contribution in [1.82, 2.24) is 0 Å². The van der Waals surface area contributed by atoms with Crippen molar-refractivity contribution in [2.24, 2.45) is 11.7 Å². The van der Waals surface area contributed by atoms with Crippen LogP contribution >= 0.6 is 12.4 Å². The number of nitrogens with two attached hydrogens (primary N) is 1. The quantitative estimate of drug-likeness (QED) is 0.714. The van der Waals surface area contributed by atoms with Crippen LogP contribution in [0.25, 0.3) is 0 Å². The second-order valence-corrected chi connectivity index (χ2v) is 3.85. The molecule has 0 aromatic carbocycles. The Kier molecular flexibility index (Phi) is 6.89. The van der Waals surface area contributed by atoms with Gasteiger partial charge in [0, 0.05) is 0 Å². The summed E-state index contributed by atoms with van der Waals surface area (Å²) in [6.07, 6.45) is 2.93. The molecule has 0 bridgehead atoms. The van der Waals surface area contributed by atoms with Crippen LogP contribution in [0.2, 0.25) is 0 Å². The largest absolute Gasteiger partial charge is 0.465 e. The molecule has 5 heteroatoms. The second-order valence-electron chi connectivity index (χ2n) is 3.85. The highest BCUT2D eigenvalue weighted by atomic mass is 35.5. The van der Waals surface area contributed by atoms with E-state index in [0.717, 1.165) is 25.7 Å². The smallest absolute Gasteiger partial charge is 0.323 e. The van der Waals surface area contributed by atoms with Crippen LogP contribution in [0, 0.1) is 5.92 Å². The maximum atomic E-state index is 11.3. The van der Waals surface area contributed by atoms with Crippen molar-refractivity contribution in [3.63, 3.8) is 0 Å². The highest BCUT2D eigenvalue weighted by Gasteiger charge is 2.29. The third-order valence-electron chi connectivity index (χ3n) is 2.81. The zero-order valence-corrected chi connectivity index (χ0v) is 9.83. The average Bonchev–Trinajstić information content (AvgIpc) is 2.18. The number of aliphatic hydroxyl groups is 1. The first kappa shape index (κ1) is 14.7. The summed E-state index contributed by atoms with van der Waals surface area (Å²) < 4.78 is 4.86. The molecule has 3 N–H and O–H groups in total. The lowest BCUT2D eigenvalue weighted by molar-refractivity contribution is -0.146. The maximum Gasteiger partial charge on any atom is 0.323 e. The van der Waals surface area contributed by atoms with Gasteiger partial charge in [-0.25, -0.2) is 0 Å². The Balaban J connectivity index is 0.00000196. The summed E-state index contributed by atoms with van der Waals surface area (Å²) in [5, 5.41) is 9.29. The van der Waals surface area contributed by atoms with Crippen molar-refractivity contribution < 1.29 is 14.6 Å². The van der Waals surface area contributed by atoms with Gasteiger partial charge in [-0.2, -0.15) is 0 Å². The SMILES string of the molecule is CCOC(=O)C(N)C1CCC(O)CC1.Cl. The zero-order chi connectivity index (χ0) is 10.6. The molecule has 0 heterocycles. The minimum atomic E-state index is -0.512. The second kappa shape index (κ2) is 7.04. The molecule has 1 rings (SSSR count). The summed E-state index contributed by atoms with van der Waals surface area (Å²) in [5.41, 5.74) is 5.77. The number of halogens is 1. The first-order chi connectivity index (χ1) is 6.65. The van der Waals surface area contributed by atoms with Gasteiger partial charge in [0.15, 0.2) is 0 Å². The van der Waals surface area contributed by atoms with E-state index in [9.17, 15) is 9.90 Å². The normalized spacial score (nSPS) is 27.7. The monoisotopic (exact) mass is 237 g/mol. The van der Waals surface area contributed by atoms with E-state index in [1.165, 1.54) is 0 Å². The Hall–Kier alpha value is -0.320. The predicted molar refractivity (Wildman–Crippen MR) is 59.8 cm³/mol. The summed E-state index contributed by atoms with van der Waals surface area (Å²) in [6.45, 7) is 2.15. The molecule has 0 spiro atoms. The molecule has 0 saturated heterocycles. The molecule has 1 aliphatic rings. The molecule has 15 heavy (non-hydrogen) atoms. The third kappa shape index (κ3) is 4.36. The molecule has 1 unspecified atom stereocenters. The van der Waals surface area contributed by atoms with Crippen LogP contribution in [0.15, 0.2) is 0 Å². The lowest BCUT2D eigenvalue weighted by Crippen LogP contribution is -2.41. The lowest BCUT2D eigenvalue weighted by Gasteiger charge is -2.28. The first-order valence-corrected chi connectivity index (χ1v) is 5.25. The summed E-state index contributed by atoms with van der Waals surface area (Å²) >= 11 is 0. The molecule has 1 fully saturated rings. The number of esters is 1. The van der Waals surface area contributed by atoms with E-state index in [0.29, 0.717) is 6.61 Å². The Morgan fingerprint density at radius 1 is 1.47 bits per heavy atom. The molecule has 1 aliphatic carbocycles. The van der Waals surface area contributed by atoms with Crippen molar-refractivity contribution in [3.05, 3.63) is 0 Å². The van der Waals surface area contributed by atoms with Gasteiger partial charge >= 0.3 is 5.97 Å². The standard InChI is InChI=1S/C10H19NO3.ClH/c1-2-14-10(13)9(11)7-3-5-8(12)6-4-7;/h7-9,12H,2-6,11H2,1H3;1H. The van der Waals surface area contributed by atoms with Gasteiger partial charge in [0.2, 0.25) is 0 Å². The number of hydrogen-bond acceptors (Lipinski definition) is 4. The number of aliphatic hydroxyl groups excluding tert-OH is 1. The fourth-order valence-corrected chi connectivity index (χ4v) is 1.89. The minimum Gasteiger partial charge on any atom is -0.465 e. The molecule has 90 valence electrons. The summed E-state index contributed by atoms with van der Waals surface area (Å²) in [5.74, 6) is -0.133. The van der Waals surface area contributed by atoms with Crippen LogP contribution < -0.4 is 5.73 Å². The molecule has 1 atom stereocenters. The van der Waals surface area contributed by atoms with Crippen LogP contribution in [-0.4, -0.2) is 29.8 Å². The number of hydrogen-bond donors (Lipinski definition) is 2. The van der Waals surface area contributed by atoms with Crippen molar-refractivity contribution in [3.8, 4) is 0 Å². The molecule has 0 aliphatic heterocycles. The fourth-order valence-electron chi connectivity index (χ4n) is 1.89. The van der Waals surface area contributed by atoms with Crippen molar-refractivity contribution in [2.45, 2.75) is 44.8 Å². The van der Waals surface area contributed by atoms with E-state index in [2.05, 4.69) is 0 Å². The molecule has 1 saturated carbocycles. The molecular weight excluding hydrogens is 218 g/mol. The van der Waals surface area contributed by atoms with E-state index < -0.39 is 6.04 Å². The molecule has 0 aromatic heterocycles. The predicted octanol–water partition coefficient (Wildman–Crippen LogP) is 0.850. The molecule has 4 nitrogen and oxygen atoms in total. The molecule has 0 amide bonds. The number of carbonyl (C=O) groups excluding carboxylic acids is 1. The van der Waals surface area contributed by atoms with E-state index in [4.69, 9.17) is 10.5 Å². The van der Waals surface area contributed by atoms with Gasteiger partial charge < -0.3 is 15.6 Å². The number of rotatable bonds is 3. The van der Waals surface area contributed by atoms with E-state index >= 15 is 0 Å². The van der Waals surface area contributed by atoms with Gasteiger partial charge in [-0.05, 0) is 38.5 Å². The van der Waals surface area contributed by atoms with Crippen LogP contribution in [0.1, 0.15) is 32.6 Å². The van der Waals surface area contributed by atoms with Gasteiger partial charge in [0.05, 0.1) is 12.7 Å². The summed E-state index contributed by atoms with van der Waals surface area (Å²) in [6, 6.07) is -0.512. The van der Waals surface area contributed by atoms with Crippen molar-refractivity contribution in [1.29, 1.82) is 0 Å². The van der Waals surface area contributed by atoms with Crippen molar-refractivity contribution in [2.75, 3.05) is 6.61 Å². The van der Waals surface area contributed by atoms with Crippen LogP contribution in [0.3, 0.4) is 0 Å². The van der Waals surface area contributed by atoms with Gasteiger partial charge in [0.1, 0.15) is 6.04 Å². The number of ether oxygens (including phenoxy) is 1. The van der Waals surface area contributed by atoms with E-state index in [1.54, 1.807) is 6.92 Å². The van der Waals surface area contributed by atoms with Crippen LogP contribution in [0.5, 0.6) is 0 Å². The molecule has 0 aromatic rings. The zero-order valence-electron chi connectivity index (χ0n) is 9.02. The highest BCUT2D eigenvalue weighted by molar-refractivity contribution is 5.85. The van der Waals surface area contributed by atoms with Gasteiger partial charge in [-0.15, -0.1) is 12.4 Å².